The predicted octanol–water partition coefficient (Wildman–Crippen LogP) is 6.52. The van der Waals surface area contributed by atoms with Gasteiger partial charge in [0.2, 0.25) is 0 Å². The van der Waals surface area contributed by atoms with Crippen LogP contribution in [0.3, 0.4) is 0 Å². The highest BCUT2D eigenvalue weighted by atomic mass is 35.5. The summed E-state index contributed by atoms with van der Waals surface area (Å²) < 4.78 is 32.7. The van der Waals surface area contributed by atoms with E-state index in [1.54, 1.807) is 6.07 Å². The number of rotatable bonds is 4. The third-order valence-electron chi connectivity index (χ3n) is 5.21. The lowest BCUT2D eigenvalue weighted by Gasteiger charge is -2.28. The van der Waals surface area contributed by atoms with E-state index < -0.39 is 17.6 Å². The van der Waals surface area contributed by atoms with E-state index in [1.807, 2.05) is 0 Å². The fourth-order valence-electron chi connectivity index (χ4n) is 3.56. The van der Waals surface area contributed by atoms with Crippen LogP contribution in [0.2, 0.25) is 5.02 Å². The van der Waals surface area contributed by atoms with Gasteiger partial charge in [-0.05, 0) is 67.3 Å². The van der Waals surface area contributed by atoms with Gasteiger partial charge in [0.05, 0.1) is 10.6 Å². The second-order valence-corrected chi connectivity index (χ2v) is 7.24. The van der Waals surface area contributed by atoms with Crippen molar-refractivity contribution < 1.29 is 18.3 Å². The Morgan fingerprint density at radius 1 is 1.08 bits per heavy atom. The molecular weight excluding hydrogens is 358 g/mol. The first-order valence-electron chi connectivity index (χ1n) is 8.94. The highest BCUT2D eigenvalue weighted by molar-refractivity contribution is 6.30. The van der Waals surface area contributed by atoms with E-state index in [-0.39, 0.29) is 16.3 Å². The van der Waals surface area contributed by atoms with Gasteiger partial charge in [0.25, 0.3) is 0 Å². The standard InChI is InChI=1S/C21H21ClF2O2/c1-2-13-3-5-14(6-4-13)15-7-9-17(20(24)11-15)21(25)26-16-8-10-19(23)18(22)12-16/h7-14H,2-6H2,1H3/t13-,14-. The Morgan fingerprint density at radius 3 is 2.42 bits per heavy atom. The molecule has 2 aromatic carbocycles. The van der Waals surface area contributed by atoms with Crippen LogP contribution in [-0.2, 0) is 0 Å². The van der Waals surface area contributed by atoms with Gasteiger partial charge in [-0.25, -0.2) is 13.6 Å². The van der Waals surface area contributed by atoms with Crippen LogP contribution >= 0.6 is 11.6 Å². The van der Waals surface area contributed by atoms with Crippen molar-refractivity contribution in [2.75, 3.05) is 0 Å². The molecule has 0 spiro atoms. The summed E-state index contributed by atoms with van der Waals surface area (Å²) in [7, 11) is 0. The summed E-state index contributed by atoms with van der Waals surface area (Å²) >= 11 is 5.66. The van der Waals surface area contributed by atoms with Crippen molar-refractivity contribution in [3.8, 4) is 5.75 Å². The van der Waals surface area contributed by atoms with Gasteiger partial charge in [-0.1, -0.05) is 31.0 Å². The first kappa shape index (κ1) is 18.8. The van der Waals surface area contributed by atoms with Gasteiger partial charge in [-0.2, -0.15) is 0 Å². The van der Waals surface area contributed by atoms with Crippen molar-refractivity contribution >= 4 is 17.6 Å². The number of benzene rings is 2. The molecule has 0 radical (unpaired) electrons. The monoisotopic (exact) mass is 378 g/mol. The van der Waals surface area contributed by atoms with Crippen molar-refractivity contribution in [2.45, 2.75) is 44.9 Å². The summed E-state index contributed by atoms with van der Waals surface area (Å²) in [6.45, 7) is 2.21. The van der Waals surface area contributed by atoms with Crippen LogP contribution < -0.4 is 4.74 Å². The molecule has 0 unspecified atom stereocenters. The van der Waals surface area contributed by atoms with Gasteiger partial charge in [0.1, 0.15) is 17.4 Å². The lowest BCUT2D eigenvalue weighted by molar-refractivity contribution is 0.0729. The Hall–Kier alpha value is -1.94. The Kier molecular flexibility index (Phi) is 5.92. The number of ether oxygens (including phenoxy) is 1. The third kappa shape index (κ3) is 4.24. The minimum Gasteiger partial charge on any atom is -0.423 e. The second kappa shape index (κ2) is 8.17. The highest BCUT2D eigenvalue weighted by Gasteiger charge is 2.23. The first-order chi connectivity index (χ1) is 12.5. The topological polar surface area (TPSA) is 26.3 Å². The lowest BCUT2D eigenvalue weighted by Crippen LogP contribution is -2.14. The number of hydrogen-bond donors (Lipinski definition) is 0. The molecule has 0 aromatic heterocycles. The molecule has 0 atom stereocenters. The molecule has 1 saturated carbocycles. The molecule has 138 valence electrons. The van der Waals surface area contributed by atoms with Crippen LogP contribution in [0.25, 0.3) is 0 Å². The van der Waals surface area contributed by atoms with Crippen LogP contribution in [-0.4, -0.2) is 5.97 Å². The van der Waals surface area contributed by atoms with Crippen LogP contribution in [0.5, 0.6) is 5.75 Å². The summed E-state index contributed by atoms with van der Waals surface area (Å²) in [6.07, 6.45) is 5.63. The van der Waals surface area contributed by atoms with E-state index in [0.29, 0.717) is 5.92 Å². The van der Waals surface area contributed by atoms with Gasteiger partial charge in [0, 0.05) is 6.07 Å². The number of esters is 1. The molecule has 5 heteroatoms. The summed E-state index contributed by atoms with van der Waals surface area (Å²) in [6, 6.07) is 8.26. The predicted molar refractivity (Wildman–Crippen MR) is 97.8 cm³/mol. The van der Waals surface area contributed by atoms with Gasteiger partial charge in [-0.3, -0.25) is 0 Å². The maximum absolute atomic E-state index is 14.5. The Bertz CT molecular complexity index is 799. The molecule has 0 bridgehead atoms. The average molecular weight is 379 g/mol. The van der Waals surface area contributed by atoms with E-state index in [0.717, 1.165) is 43.2 Å². The molecular formula is C21H21ClF2O2. The van der Waals surface area contributed by atoms with Crippen LogP contribution in [0.1, 0.15) is 60.9 Å². The molecule has 0 saturated heterocycles. The number of carbonyl (C=O) groups excluding carboxylic acids is 1. The van der Waals surface area contributed by atoms with Gasteiger partial charge < -0.3 is 4.74 Å². The maximum atomic E-state index is 14.5. The van der Waals surface area contributed by atoms with Gasteiger partial charge >= 0.3 is 5.97 Å². The average Bonchev–Trinajstić information content (AvgIpc) is 2.64. The van der Waals surface area contributed by atoms with E-state index in [9.17, 15) is 13.6 Å². The minimum absolute atomic E-state index is 0.0720. The third-order valence-corrected chi connectivity index (χ3v) is 5.50. The Morgan fingerprint density at radius 2 is 1.81 bits per heavy atom. The second-order valence-electron chi connectivity index (χ2n) is 6.83. The summed E-state index contributed by atoms with van der Waals surface area (Å²) in [5.74, 6) is -0.853. The molecule has 0 aliphatic heterocycles. The van der Waals surface area contributed by atoms with E-state index in [1.165, 1.54) is 30.7 Å². The Labute approximate surface area is 157 Å². The van der Waals surface area contributed by atoms with Crippen LogP contribution in [0.4, 0.5) is 8.78 Å². The smallest absolute Gasteiger partial charge is 0.346 e. The first-order valence-corrected chi connectivity index (χ1v) is 9.32. The molecule has 1 fully saturated rings. The van der Waals surface area contributed by atoms with Crippen molar-refractivity contribution in [3.05, 3.63) is 64.2 Å². The largest absolute Gasteiger partial charge is 0.423 e. The number of carbonyl (C=O) groups is 1. The maximum Gasteiger partial charge on any atom is 0.346 e. The van der Waals surface area contributed by atoms with Crippen molar-refractivity contribution in [2.24, 2.45) is 5.92 Å². The molecule has 3 rings (SSSR count). The van der Waals surface area contributed by atoms with Crippen LogP contribution in [0.15, 0.2) is 36.4 Å². The highest BCUT2D eigenvalue weighted by Crippen LogP contribution is 2.37. The zero-order chi connectivity index (χ0) is 18.7. The normalized spacial score (nSPS) is 20.0. The Balaban J connectivity index is 1.70. The zero-order valence-corrected chi connectivity index (χ0v) is 15.4. The van der Waals surface area contributed by atoms with E-state index in [4.69, 9.17) is 16.3 Å². The fraction of sp³-hybridized carbons (Fsp3) is 0.381. The molecule has 1 aliphatic carbocycles. The fourth-order valence-corrected chi connectivity index (χ4v) is 3.73. The van der Waals surface area contributed by atoms with Crippen LogP contribution in [0, 0.1) is 17.6 Å². The number of hydrogen-bond acceptors (Lipinski definition) is 2. The molecule has 2 aromatic rings. The number of halogens is 3. The quantitative estimate of drug-likeness (QED) is 0.447. The van der Waals surface area contributed by atoms with E-state index >= 15 is 0 Å². The molecule has 0 N–H and O–H groups in total. The van der Waals surface area contributed by atoms with Crippen molar-refractivity contribution in [3.63, 3.8) is 0 Å². The zero-order valence-electron chi connectivity index (χ0n) is 14.6. The van der Waals surface area contributed by atoms with E-state index in [2.05, 4.69) is 6.92 Å². The van der Waals surface area contributed by atoms with Crippen molar-refractivity contribution in [1.82, 2.24) is 0 Å². The minimum atomic E-state index is -0.827. The molecule has 1 aliphatic rings. The summed E-state index contributed by atoms with van der Waals surface area (Å²) in [5.41, 5.74) is 0.787. The van der Waals surface area contributed by atoms with Gasteiger partial charge in [0.15, 0.2) is 0 Å². The molecule has 2 nitrogen and oxygen atoms in total. The van der Waals surface area contributed by atoms with Gasteiger partial charge in [-0.15, -0.1) is 0 Å². The molecule has 0 amide bonds. The van der Waals surface area contributed by atoms with Crippen molar-refractivity contribution in [1.29, 1.82) is 0 Å². The SMILES string of the molecule is CC[C@H]1CC[C@H](c2ccc(C(=O)Oc3ccc(F)c(Cl)c3)c(F)c2)CC1. The lowest BCUT2D eigenvalue weighted by atomic mass is 9.78. The summed E-state index contributed by atoms with van der Waals surface area (Å²) in [4.78, 5) is 12.2. The molecule has 26 heavy (non-hydrogen) atoms. The molecule has 0 heterocycles. The summed E-state index contributed by atoms with van der Waals surface area (Å²) in [5, 5.41) is -0.159.